The first-order valence-corrected chi connectivity index (χ1v) is 4.95. The van der Waals surface area contributed by atoms with Crippen LogP contribution in [0.5, 0.6) is 0 Å². The van der Waals surface area contributed by atoms with Crippen LogP contribution in [0.4, 0.5) is 0 Å². The molecule has 0 saturated carbocycles. The summed E-state index contributed by atoms with van der Waals surface area (Å²) in [6, 6.07) is 5.22. The van der Waals surface area contributed by atoms with Crippen molar-refractivity contribution in [1.29, 1.82) is 5.41 Å². The third-order valence-electron chi connectivity index (χ3n) is 1.81. The number of carbonyl (C=O) groups excluding carboxylic acids is 1. The quantitative estimate of drug-likeness (QED) is 0.431. The Hall–Kier alpha value is -2.13. The molecule has 16 heavy (non-hydrogen) atoms. The minimum Gasteiger partial charge on any atom is -0.458 e. The van der Waals surface area contributed by atoms with Gasteiger partial charge in [-0.2, -0.15) is 5.43 Å². The molecule has 0 aromatic carbocycles. The minimum absolute atomic E-state index is 0.341. The molecule has 1 aromatic heterocycles. The third-order valence-corrected chi connectivity index (χ3v) is 1.81. The molecule has 0 fully saturated rings. The van der Waals surface area contributed by atoms with Crippen molar-refractivity contribution in [1.82, 2.24) is 0 Å². The summed E-state index contributed by atoms with van der Waals surface area (Å²) in [5.74, 6) is 1.76. The van der Waals surface area contributed by atoms with Crippen molar-refractivity contribution in [3.63, 3.8) is 0 Å². The standard InChI is InChI=1S/C11H13N3O2/c1-2-16-11(15)10-6-3-4-9-14(10)13-8-5-7-12/h3-6,9,12H,2,8H2,1H3/p+1. The van der Waals surface area contributed by atoms with Crippen LogP contribution in [0.15, 0.2) is 30.5 Å². The summed E-state index contributed by atoms with van der Waals surface area (Å²) < 4.78 is 6.47. The first-order valence-electron chi connectivity index (χ1n) is 4.95. The fourth-order valence-corrected chi connectivity index (χ4v) is 1.15. The van der Waals surface area contributed by atoms with Crippen molar-refractivity contribution in [3.05, 3.63) is 36.2 Å². The maximum Gasteiger partial charge on any atom is 0.406 e. The summed E-state index contributed by atoms with van der Waals surface area (Å²) in [6.45, 7) is 2.52. The number of pyridine rings is 1. The van der Waals surface area contributed by atoms with E-state index >= 15 is 0 Å². The number of rotatable bonds is 5. The molecule has 0 aliphatic rings. The van der Waals surface area contributed by atoms with Gasteiger partial charge in [-0.1, -0.05) is 4.68 Å². The molecule has 0 saturated heterocycles. The van der Waals surface area contributed by atoms with Gasteiger partial charge < -0.3 is 4.74 Å². The molecule has 0 amide bonds. The van der Waals surface area contributed by atoms with Crippen LogP contribution < -0.4 is 10.1 Å². The largest absolute Gasteiger partial charge is 0.458 e. The summed E-state index contributed by atoms with van der Waals surface area (Å²) in [5, 5.41) is 6.73. The van der Waals surface area contributed by atoms with Gasteiger partial charge in [-0.25, -0.2) is 4.79 Å². The zero-order chi connectivity index (χ0) is 11.8. The average molecular weight is 220 g/mol. The Bertz CT molecular complexity index is 411. The van der Waals surface area contributed by atoms with Gasteiger partial charge in [-0.3, -0.25) is 5.41 Å². The van der Waals surface area contributed by atoms with E-state index in [1.165, 1.54) is 6.08 Å². The van der Waals surface area contributed by atoms with E-state index in [0.717, 1.165) is 0 Å². The Balaban J connectivity index is 2.82. The van der Waals surface area contributed by atoms with Crippen LogP contribution in [0.1, 0.15) is 17.4 Å². The molecule has 1 rings (SSSR count). The van der Waals surface area contributed by atoms with Gasteiger partial charge in [0.25, 0.3) is 0 Å². The van der Waals surface area contributed by atoms with Gasteiger partial charge in [-0.15, -0.1) is 0 Å². The van der Waals surface area contributed by atoms with Crippen molar-refractivity contribution >= 4 is 11.8 Å². The van der Waals surface area contributed by atoms with E-state index in [9.17, 15) is 4.79 Å². The maximum atomic E-state index is 11.6. The van der Waals surface area contributed by atoms with Crippen LogP contribution in [0.2, 0.25) is 0 Å². The van der Waals surface area contributed by atoms with Gasteiger partial charge in [0, 0.05) is 18.2 Å². The van der Waals surface area contributed by atoms with Gasteiger partial charge in [0.05, 0.1) is 13.2 Å². The second-order valence-corrected chi connectivity index (χ2v) is 2.89. The van der Waals surface area contributed by atoms with E-state index in [4.69, 9.17) is 10.1 Å². The van der Waals surface area contributed by atoms with E-state index in [2.05, 4.69) is 11.3 Å². The van der Waals surface area contributed by atoms with Gasteiger partial charge in [0.15, 0.2) is 6.20 Å². The van der Waals surface area contributed by atoms with E-state index in [0.29, 0.717) is 18.8 Å². The molecule has 0 spiro atoms. The van der Waals surface area contributed by atoms with Gasteiger partial charge in [0.1, 0.15) is 0 Å². The predicted molar refractivity (Wildman–Crippen MR) is 59.1 cm³/mol. The predicted octanol–water partition coefficient (Wildman–Crippen LogP) is 0.499. The number of aromatic nitrogens is 1. The number of nitrogens with one attached hydrogen (secondary N) is 2. The highest BCUT2D eigenvalue weighted by atomic mass is 16.5. The van der Waals surface area contributed by atoms with Gasteiger partial charge in [0.2, 0.25) is 0 Å². The monoisotopic (exact) mass is 220 g/mol. The molecule has 2 N–H and O–H groups in total. The average Bonchev–Trinajstić information content (AvgIpc) is 2.30. The van der Waals surface area contributed by atoms with Gasteiger partial charge in [-0.05, 0) is 18.9 Å². The highest BCUT2D eigenvalue weighted by Crippen LogP contribution is 1.94. The minimum atomic E-state index is -0.380. The van der Waals surface area contributed by atoms with Crippen molar-refractivity contribution < 1.29 is 14.2 Å². The molecular weight excluding hydrogens is 206 g/mol. The normalized spacial score (nSPS) is 9.06. The topological polar surface area (TPSA) is 66.1 Å². The van der Waals surface area contributed by atoms with Crippen LogP contribution >= 0.6 is 0 Å². The molecule has 1 aromatic rings. The van der Waals surface area contributed by atoms with E-state index in [-0.39, 0.29) is 5.97 Å². The molecule has 5 nitrogen and oxygen atoms in total. The summed E-state index contributed by atoms with van der Waals surface area (Å²) in [4.78, 5) is 11.6. The second-order valence-electron chi connectivity index (χ2n) is 2.89. The zero-order valence-corrected chi connectivity index (χ0v) is 9.06. The lowest BCUT2D eigenvalue weighted by atomic mass is 10.3. The maximum absolute atomic E-state index is 11.6. The summed E-state index contributed by atoms with van der Waals surface area (Å²) >= 11 is 0. The molecular formula is C11H14N3O2+. The SMILES string of the molecule is CCOC(=O)c1cccc[n+]1NCC=C=N. The lowest BCUT2D eigenvalue weighted by molar-refractivity contribution is -0.652. The highest BCUT2D eigenvalue weighted by Gasteiger charge is 2.19. The van der Waals surface area contributed by atoms with E-state index < -0.39 is 0 Å². The van der Waals surface area contributed by atoms with E-state index in [1.807, 2.05) is 0 Å². The Labute approximate surface area is 93.8 Å². The number of hydrogen-bond donors (Lipinski definition) is 2. The number of ether oxygens (including phenoxy) is 1. The lowest BCUT2D eigenvalue weighted by Gasteiger charge is -2.02. The molecule has 1 heterocycles. The van der Waals surface area contributed by atoms with Crippen LogP contribution in [0.3, 0.4) is 0 Å². The third kappa shape index (κ3) is 3.22. The van der Waals surface area contributed by atoms with Crippen molar-refractivity contribution in [2.24, 2.45) is 0 Å². The van der Waals surface area contributed by atoms with Gasteiger partial charge >= 0.3 is 11.7 Å². The first kappa shape index (κ1) is 11.9. The van der Waals surface area contributed by atoms with Crippen LogP contribution in [-0.4, -0.2) is 25.0 Å². The zero-order valence-electron chi connectivity index (χ0n) is 9.06. The molecule has 0 aliphatic heterocycles. The molecule has 0 bridgehead atoms. The first-order chi connectivity index (χ1) is 7.79. The lowest BCUT2D eigenvalue weighted by Crippen LogP contribution is -2.50. The van der Waals surface area contributed by atoms with Crippen LogP contribution in [-0.2, 0) is 4.74 Å². The fourth-order valence-electron chi connectivity index (χ4n) is 1.15. The summed E-state index contributed by atoms with van der Waals surface area (Å²) in [7, 11) is 0. The molecule has 5 heteroatoms. The highest BCUT2D eigenvalue weighted by molar-refractivity contribution is 5.85. The van der Waals surface area contributed by atoms with Crippen molar-refractivity contribution in [3.8, 4) is 0 Å². The molecule has 0 aliphatic carbocycles. The number of esters is 1. The molecule has 84 valence electrons. The Morgan fingerprint density at radius 1 is 1.69 bits per heavy atom. The van der Waals surface area contributed by atoms with E-state index in [1.54, 1.807) is 36.0 Å². The molecule has 0 unspecified atom stereocenters. The number of hydrogen-bond acceptors (Lipinski definition) is 4. The molecule has 0 atom stereocenters. The molecule has 0 radical (unpaired) electrons. The second kappa shape index (κ2) is 6.37. The van der Waals surface area contributed by atoms with Crippen molar-refractivity contribution in [2.75, 3.05) is 18.6 Å². The Morgan fingerprint density at radius 2 is 2.50 bits per heavy atom. The van der Waals surface area contributed by atoms with Crippen molar-refractivity contribution in [2.45, 2.75) is 6.92 Å². The Kier molecular flexibility index (Phi) is 4.76. The van der Waals surface area contributed by atoms with Crippen LogP contribution in [0, 0.1) is 5.41 Å². The van der Waals surface area contributed by atoms with Crippen LogP contribution in [0.25, 0.3) is 0 Å². The number of carbonyl (C=O) groups is 1. The smallest absolute Gasteiger partial charge is 0.406 e. The number of nitrogens with zero attached hydrogens (tertiary/aromatic N) is 1. The summed E-state index contributed by atoms with van der Waals surface area (Å²) in [5.41, 5.74) is 3.35. The fraction of sp³-hybridized carbons (Fsp3) is 0.273. The summed E-state index contributed by atoms with van der Waals surface area (Å²) in [6.07, 6.45) is 3.22. The Morgan fingerprint density at radius 3 is 3.19 bits per heavy atom.